The lowest BCUT2D eigenvalue weighted by Gasteiger charge is -2.00. The number of fused-ring (bicyclic) bond motifs is 1. The van der Waals surface area contributed by atoms with E-state index in [1.165, 1.54) is 21.9 Å². The summed E-state index contributed by atoms with van der Waals surface area (Å²) in [6.07, 6.45) is 3.05. The largest absolute Gasteiger partial charge is 0.411 e. The van der Waals surface area contributed by atoms with Crippen molar-refractivity contribution in [2.24, 2.45) is 0 Å². The van der Waals surface area contributed by atoms with Crippen LogP contribution < -0.4 is 4.84 Å². The highest BCUT2D eigenvalue weighted by Crippen LogP contribution is 2.14. The van der Waals surface area contributed by atoms with E-state index in [1.54, 1.807) is 0 Å². The standard InChI is InChI=1S/C6H7ClN4O/c1-2-12-10-4-9-11-6(10)5(7)3-8-11/h3-4H,2H2,1H3. The Labute approximate surface area is 73.4 Å². The maximum atomic E-state index is 5.83. The molecule has 0 atom stereocenters. The van der Waals surface area contributed by atoms with Crippen molar-refractivity contribution in [3.05, 3.63) is 17.5 Å². The third kappa shape index (κ3) is 0.937. The molecule has 0 spiro atoms. The summed E-state index contributed by atoms with van der Waals surface area (Å²) < 4.78 is 2.91. The average Bonchev–Trinajstić information content (AvgIpc) is 2.58. The van der Waals surface area contributed by atoms with Crippen molar-refractivity contribution in [1.29, 1.82) is 0 Å². The number of hydrogen-bond donors (Lipinski definition) is 0. The van der Waals surface area contributed by atoms with Crippen molar-refractivity contribution in [3.8, 4) is 0 Å². The second-order valence-corrected chi connectivity index (χ2v) is 2.59. The van der Waals surface area contributed by atoms with Gasteiger partial charge in [-0.15, -0.1) is 14.5 Å². The summed E-state index contributed by atoms with van der Waals surface area (Å²) >= 11 is 5.83. The Morgan fingerprint density at radius 3 is 3.17 bits per heavy atom. The Balaban J connectivity index is 2.59. The molecule has 64 valence electrons. The lowest BCUT2D eigenvalue weighted by atomic mass is 10.7. The van der Waals surface area contributed by atoms with Gasteiger partial charge in [-0.3, -0.25) is 0 Å². The van der Waals surface area contributed by atoms with Gasteiger partial charge in [-0.25, -0.2) is 0 Å². The molecule has 0 bridgehead atoms. The van der Waals surface area contributed by atoms with Gasteiger partial charge in [0.15, 0.2) is 6.33 Å². The zero-order valence-electron chi connectivity index (χ0n) is 6.44. The molecule has 6 heteroatoms. The van der Waals surface area contributed by atoms with Crippen molar-refractivity contribution in [1.82, 2.24) is 19.6 Å². The Hall–Kier alpha value is -1.23. The van der Waals surface area contributed by atoms with Crippen LogP contribution in [-0.4, -0.2) is 26.2 Å². The first kappa shape index (κ1) is 7.42. The van der Waals surface area contributed by atoms with Gasteiger partial charge in [0, 0.05) is 0 Å². The summed E-state index contributed by atoms with van der Waals surface area (Å²) in [5.41, 5.74) is 0.651. The molecule has 0 aliphatic rings. The molecule has 0 aromatic carbocycles. The molecule has 0 aliphatic heterocycles. The molecule has 0 unspecified atom stereocenters. The molecule has 2 rings (SSSR count). The monoisotopic (exact) mass is 186 g/mol. The van der Waals surface area contributed by atoms with E-state index in [0.717, 1.165) is 0 Å². The summed E-state index contributed by atoms with van der Waals surface area (Å²) in [7, 11) is 0. The van der Waals surface area contributed by atoms with E-state index in [-0.39, 0.29) is 0 Å². The van der Waals surface area contributed by atoms with Crippen LogP contribution in [0.4, 0.5) is 0 Å². The topological polar surface area (TPSA) is 44.4 Å². The first-order chi connectivity index (χ1) is 5.83. The van der Waals surface area contributed by atoms with Gasteiger partial charge in [0.2, 0.25) is 5.65 Å². The van der Waals surface area contributed by atoms with Crippen molar-refractivity contribution in [2.75, 3.05) is 6.61 Å². The van der Waals surface area contributed by atoms with E-state index in [9.17, 15) is 0 Å². The maximum Gasteiger partial charge on any atom is 0.212 e. The van der Waals surface area contributed by atoms with E-state index < -0.39 is 0 Å². The SMILES string of the molecule is CCOn1cnn2ncc(Cl)c12. The molecule has 5 nitrogen and oxygen atoms in total. The number of rotatable bonds is 2. The fourth-order valence-corrected chi connectivity index (χ4v) is 1.18. The van der Waals surface area contributed by atoms with Crippen LogP contribution in [0.5, 0.6) is 0 Å². The molecule has 0 saturated heterocycles. The third-order valence-electron chi connectivity index (χ3n) is 1.43. The predicted molar refractivity (Wildman–Crippen MR) is 43.1 cm³/mol. The molecular weight excluding hydrogens is 180 g/mol. The zero-order valence-corrected chi connectivity index (χ0v) is 7.19. The van der Waals surface area contributed by atoms with Crippen LogP contribution in [-0.2, 0) is 0 Å². The van der Waals surface area contributed by atoms with Crippen LogP contribution in [0.25, 0.3) is 5.65 Å². The van der Waals surface area contributed by atoms with Crippen LogP contribution in [0.2, 0.25) is 5.02 Å². The van der Waals surface area contributed by atoms with E-state index >= 15 is 0 Å². The quantitative estimate of drug-likeness (QED) is 0.691. The van der Waals surface area contributed by atoms with Crippen molar-refractivity contribution < 1.29 is 4.84 Å². The van der Waals surface area contributed by atoms with Crippen LogP contribution in [0.3, 0.4) is 0 Å². The molecule has 0 fully saturated rings. The number of halogens is 1. The lowest BCUT2D eigenvalue weighted by molar-refractivity contribution is 0.130. The highest BCUT2D eigenvalue weighted by Gasteiger charge is 2.08. The molecule has 2 aromatic heterocycles. The fraction of sp³-hybridized carbons (Fsp3) is 0.333. The second kappa shape index (κ2) is 2.67. The second-order valence-electron chi connectivity index (χ2n) is 2.18. The molecular formula is C6H7ClN4O. The minimum absolute atomic E-state index is 0.529. The van der Waals surface area contributed by atoms with Crippen LogP contribution in [0, 0.1) is 0 Å². The Kier molecular flexibility index (Phi) is 1.65. The highest BCUT2D eigenvalue weighted by molar-refractivity contribution is 6.33. The smallest absolute Gasteiger partial charge is 0.212 e. The Morgan fingerprint density at radius 1 is 1.58 bits per heavy atom. The molecule has 12 heavy (non-hydrogen) atoms. The van der Waals surface area contributed by atoms with Gasteiger partial charge >= 0.3 is 0 Å². The zero-order chi connectivity index (χ0) is 8.55. The first-order valence-corrected chi connectivity index (χ1v) is 3.91. The van der Waals surface area contributed by atoms with E-state index in [2.05, 4.69) is 10.2 Å². The van der Waals surface area contributed by atoms with E-state index in [1.807, 2.05) is 6.92 Å². The Bertz CT molecular complexity index is 393. The normalized spacial score (nSPS) is 10.8. The molecule has 0 amide bonds. The van der Waals surface area contributed by atoms with Gasteiger partial charge in [-0.1, -0.05) is 11.6 Å². The molecule has 0 saturated carbocycles. The molecule has 0 aliphatic carbocycles. The minimum atomic E-state index is 0.529. The van der Waals surface area contributed by atoms with Crippen molar-refractivity contribution in [2.45, 2.75) is 6.92 Å². The van der Waals surface area contributed by atoms with Gasteiger partial charge in [-0.2, -0.15) is 5.10 Å². The van der Waals surface area contributed by atoms with Gasteiger partial charge in [-0.05, 0) is 6.92 Å². The first-order valence-electron chi connectivity index (χ1n) is 3.53. The molecule has 2 aromatic rings. The highest BCUT2D eigenvalue weighted by atomic mass is 35.5. The Morgan fingerprint density at radius 2 is 2.42 bits per heavy atom. The average molecular weight is 187 g/mol. The minimum Gasteiger partial charge on any atom is -0.411 e. The summed E-state index contributed by atoms with van der Waals surface area (Å²) in [6.45, 7) is 2.45. The van der Waals surface area contributed by atoms with Gasteiger partial charge in [0.25, 0.3) is 0 Å². The molecule has 0 radical (unpaired) electrons. The van der Waals surface area contributed by atoms with Crippen LogP contribution in [0.1, 0.15) is 6.92 Å². The van der Waals surface area contributed by atoms with Crippen molar-refractivity contribution in [3.63, 3.8) is 0 Å². The van der Waals surface area contributed by atoms with Crippen LogP contribution >= 0.6 is 11.6 Å². The van der Waals surface area contributed by atoms with E-state index in [4.69, 9.17) is 16.4 Å². The van der Waals surface area contributed by atoms with Gasteiger partial charge in [0.1, 0.15) is 11.6 Å². The van der Waals surface area contributed by atoms with E-state index in [0.29, 0.717) is 17.3 Å². The fourth-order valence-electron chi connectivity index (χ4n) is 0.975. The summed E-state index contributed by atoms with van der Waals surface area (Å²) in [4.78, 5) is 5.21. The van der Waals surface area contributed by atoms with Crippen LogP contribution in [0.15, 0.2) is 12.5 Å². The molecule has 2 heterocycles. The lowest BCUT2D eigenvalue weighted by Crippen LogP contribution is -2.08. The third-order valence-corrected chi connectivity index (χ3v) is 1.69. The summed E-state index contributed by atoms with van der Waals surface area (Å²) in [6, 6.07) is 0. The summed E-state index contributed by atoms with van der Waals surface area (Å²) in [5.74, 6) is 0. The van der Waals surface area contributed by atoms with Gasteiger partial charge < -0.3 is 4.84 Å². The predicted octanol–water partition coefficient (Wildman–Crippen LogP) is 0.633. The summed E-state index contributed by atoms with van der Waals surface area (Å²) in [5, 5.41) is 8.34. The number of hydrogen-bond acceptors (Lipinski definition) is 3. The number of aromatic nitrogens is 4. The van der Waals surface area contributed by atoms with Gasteiger partial charge in [0.05, 0.1) is 6.20 Å². The maximum absolute atomic E-state index is 5.83. The van der Waals surface area contributed by atoms with Crippen molar-refractivity contribution >= 4 is 17.2 Å². The number of nitrogens with zero attached hydrogens (tertiary/aromatic N) is 4. The molecule has 0 N–H and O–H groups in total.